The molecule has 102 valence electrons. The van der Waals surface area contributed by atoms with Gasteiger partial charge in [-0.3, -0.25) is 4.79 Å². The molecule has 0 heterocycles. The van der Waals surface area contributed by atoms with Gasteiger partial charge in [-0.25, -0.2) is 4.39 Å². The summed E-state index contributed by atoms with van der Waals surface area (Å²) in [5, 5.41) is 2.71. The lowest BCUT2D eigenvalue weighted by Gasteiger charge is -2.17. The van der Waals surface area contributed by atoms with Crippen molar-refractivity contribution in [2.24, 2.45) is 11.1 Å². The molecule has 1 amide bonds. The van der Waals surface area contributed by atoms with E-state index in [1.54, 1.807) is 12.1 Å². The maximum Gasteiger partial charge on any atom is 0.225 e. The molecular weight excluding hydrogens is 243 g/mol. The summed E-state index contributed by atoms with van der Waals surface area (Å²) in [6.07, 6.45) is 0. The van der Waals surface area contributed by atoms with E-state index in [4.69, 9.17) is 5.73 Å². The first-order chi connectivity index (χ1) is 8.84. The molecule has 0 aliphatic heterocycles. The molecule has 0 aliphatic rings. The summed E-state index contributed by atoms with van der Waals surface area (Å²) < 4.78 is 13.6. The molecule has 1 rings (SSSR count). The van der Waals surface area contributed by atoms with Crippen LogP contribution in [-0.4, -0.2) is 12.5 Å². The van der Waals surface area contributed by atoms with Crippen molar-refractivity contribution in [2.45, 2.75) is 27.3 Å². The zero-order valence-electron chi connectivity index (χ0n) is 11.5. The summed E-state index contributed by atoms with van der Waals surface area (Å²) in [4.78, 5) is 11.7. The minimum absolute atomic E-state index is 0.120. The molecule has 4 heteroatoms. The maximum atomic E-state index is 13.6. The predicted molar refractivity (Wildman–Crippen MR) is 73.6 cm³/mol. The van der Waals surface area contributed by atoms with Crippen molar-refractivity contribution in [1.82, 2.24) is 5.32 Å². The number of carbonyl (C=O) groups excluding carboxylic acids is 1. The van der Waals surface area contributed by atoms with Crippen LogP contribution < -0.4 is 11.1 Å². The topological polar surface area (TPSA) is 55.1 Å². The van der Waals surface area contributed by atoms with E-state index in [-0.39, 0.29) is 24.8 Å². The second kappa shape index (κ2) is 6.35. The standard InChI is InChI=1S/C15H19FN2O/c1-15(2,3)14(19)18-10-12-9-11(5-4-8-17)6-7-13(12)16/h6-7,9H,8,10,17H2,1-3H3,(H,18,19). The number of carbonyl (C=O) groups is 1. The van der Waals surface area contributed by atoms with Crippen LogP contribution in [0.25, 0.3) is 0 Å². The number of hydrogen-bond acceptors (Lipinski definition) is 2. The number of benzene rings is 1. The molecule has 3 N–H and O–H groups in total. The van der Waals surface area contributed by atoms with Gasteiger partial charge >= 0.3 is 0 Å². The lowest BCUT2D eigenvalue weighted by molar-refractivity contribution is -0.128. The first-order valence-corrected chi connectivity index (χ1v) is 6.10. The summed E-state index contributed by atoms with van der Waals surface area (Å²) in [6.45, 7) is 5.83. The van der Waals surface area contributed by atoms with Crippen LogP contribution in [-0.2, 0) is 11.3 Å². The summed E-state index contributed by atoms with van der Waals surface area (Å²) in [5.74, 6) is 5.07. The third-order valence-electron chi connectivity index (χ3n) is 2.50. The molecule has 0 atom stereocenters. The van der Waals surface area contributed by atoms with Crippen LogP contribution in [0.2, 0.25) is 0 Å². The zero-order chi connectivity index (χ0) is 14.5. The van der Waals surface area contributed by atoms with Gasteiger partial charge in [0.1, 0.15) is 5.82 Å². The summed E-state index contributed by atoms with van der Waals surface area (Å²) >= 11 is 0. The molecule has 1 aromatic carbocycles. The average molecular weight is 262 g/mol. The number of hydrogen-bond donors (Lipinski definition) is 2. The Balaban J connectivity index is 2.80. The molecule has 0 unspecified atom stereocenters. The number of nitrogens with two attached hydrogens (primary N) is 1. The SMILES string of the molecule is CC(C)(C)C(=O)NCc1cc(C#CCN)ccc1F. The van der Waals surface area contributed by atoms with E-state index in [1.807, 2.05) is 20.8 Å². The van der Waals surface area contributed by atoms with Crippen molar-refractivity contribution in [1.29, 1.82) is 0 Å². The molecule has 0 spiro atoms. The van der Waals surface area contributed by atoms with Crippen LogP contribution in [0.1, 0.15) is 31.9 Å². The predicted octanol–water partition coefficient (Wildman–Crippen LogP) is 1.80. The Kier molecular flexibility index (Phi) is 5.08. The first kappa shape index (κ1) is 15.2. The van der Waals surface area contributed by atoms with Gasteiger partial charge in [0, 0.05) is 23.1 Å². The Bertz CT molecular complexity index is 521. The van der Waals surface area contributed by atoms with Crippen molar-refractivity contribution in [3.05, 3.63) is 35.1 Å². The van der Waals surface area contributed by atoms with Gasteiger partial charge in [-0.2, -0.15) is 0 Å². The van der Waals surface area contributed by atoms with E-state index < -0.39 is 5.41 Å². The highest BCUT2D eigenvalue weighted by atomic mass is 19.1. The molecule has 0 aromatic heterocycles. The van der Waals surface area contributed by atoms with Crippen molar-refractivity contribution < 1.29 is 9.18 Å². The summed E-state index contributed by atoms with van der Waals surface area (Å²) in [6, 6.07) is 4.56. The van der Waals surface area contributed by atoms with Gasteiger partial charge in [-0.1, -0.05) is 32.6 Å². The fourth-order valence-electron chi connectivity index (χ4n) is 1.38. The second-order valence-electron chi connectivity index (χ2n) is 5.24. The van der Waals surface area contributed by atoms with Crippen LogP contribution in [0, 0.1) is 23.1 Å². The van der Waals surface area contributed by atoms with Crippen molar-refractivity contribution >= 4 is 5.91 Å². The quantitative estimate of drug-likeness (QED) is 0.798. The Hall–Kier alpha value is -1.86. The van der Waals surface area contributed by atoms with Gasteiger partial charge in [0.25, 0.3) is 0 Å². The molecule has 0 bridgehead atoms. The number of rotatable bonds is 2. The first-order valence-electron chi connectivity index (χ1n) is 6.10. The van der Waals surface area contributed by atoms with Crippen LogP contribution in [0.15, 0.2) is 18.2 Å². The van der Waals surface area contributed by atoms with Gasteiger partial charge in [-0.05, 0) is 18.2 Å². The van der Waals surface area contributed by atoms with Crippen LogP contribution in [0.5, 0.6) is 0 Å². The monoisotopic (exact) mass is 262 g/mol. The Morgan fingerprint density at radius 3 is 2.68 bits per heavy atom. The molecule has 19 heavy (non-hydrogen) atoms. The lowest BCUT2D eigenvalue weighted by atomic mass is 9.95. The number of amides is 1. The second-order valence-corrected chi connectivity index (χ2v) is 5.24. The lowest BCUT2D eigenvalue weighted by Crippen LogP contribution is -2.34. The van der Waals surface area contributed by atoms with Gasteiger partial charge in [0.2, 0.25) is 5.91 Å². The van der Waals surface area contributed by atoms with Gasteiger partial charge < -0.3 is 11.1 Å². The van der Waals surface area contributed by atoms with Crippen molar-refractivity contribution in [3.63, 3.8) is 0 Å². The van der Waals surface area contributed by atoms with Crippen LogP contribution in [0.3, 0.4) is 0 Å². The van der Waals surface area contributed by atoms with Gasteiger partial charge in [-0.15, -0.1) is 0 Å². The van der Waals surface area contributed by atoms with Gasteiger partial charge in [0.15, 0.2) is 0 Å². The fraction of sp³-hybridized carbons (Fsp3) is 0.400. The molecule has 0 saturated carbocycles. The van der Waals surface area contributed by atoms with Crippen LogP contribution >= 0.6 is 0 Å². The van der Waals surface area contributed by atoms with E-state index in [2.05, 4.69) is 17.2 Å². The van der Waals surface area contributed by atoms with E-state index in [0.717, 1.165) is 0 Å². The molecule has 0 aliphatic carbocycles. The number of nitrogens with one attached hydrogen (secondary N) is 1. The third-order valence-corrected chi connectivity index (χ3v) is 2.50. The van der Waals surface area contributed by atoms with E-state index in [0.29, 0.717) is 11.1 Å². The largest absolute Gasteiger partial charge is 0.351 e. The molecule has 0 fully saturated rings. The molecule has 0 radical (unpaired) electrons. The van der Waals surface area contributed by atoms with E-state index in [1.165, 1.54) is 6.07 Å². The minimum Gasteiger partial charge on any atom is -0.351 e. The summed E-state index contributed by atoms with van der Waals surface area (Å²) in [7, 11) is 0. The number of halogens is 1. The Labute approximate surface area is 113 Å². The van der Waals surface area contributed by atoms with Crippen molar-refractivity contribution in [3.8, 4) is 11.8 Å². The Morgan fingerprint density at radius 1 is 1.42 bits per heavy atom. The smallest absolute Gasteiger partial charge is 0.225 e. The maximum absolute atomic E-state index is 13.6. The van der Waals surface area contributed by atoms with Crippen molar-refractivity contribution in [2.75, 3.05) is 6.54 Å². The Morgan fingerprint density at radius 2 is 2.11 bits per heavy atom. The summed E-state index contributed by atoms with van der Waals surface area (Å²) in [5.41, 5.74) is 5.90. The molecule has 0 saturated heterocycles. The highest BCUT2D eigenvalue weighted by Gasteiger charge is 2.20. The zero-order valence-corrected chi connectivity index (χ0v) is 11.5. The average Bonchev–Trinajstić information content (AvgIpc) is 2.34. The van der Waals surface area contributed by atoms with Crippen LogP contribution in [0.4, 0.5) is 4.39 Å². The highest BCUT2D eigenvalue weighted by molar-refractivity contribution is 5.81. The van der Waals surface area contributed by atoms with E-state index in [9.17, 15) is 9.18 Å². The molecule has 1 aromatic rings. The molecular formula is C15H19FN2O. The van der Waals surface area contributed by atoms with E-state index >= 15 is 0 Å². The van der Waals surface area contributed by atoms with Gasteiger partial charge in [0.05, 0.1) is 6.54 Å². The molecule has 3 nitrogen and oxygen atoms in total. The third kappa shape index (κ3) is 4.72. The normalized spacial score (nSPS) is 10.6. The minimum atomic E-state index is -0.493. The highest BCUT2D eigenvalue weighted by Crippen LogP contribution is 2.14. The fourth-order valence-corrected chi connectivity index (χ4v) is 1.38.